The normalized spacial score (nSPS) is 23.8. The van der Waals surface area contributed by atoms with E-state index in [1.807, 2.05) is 0 Å². The summed E-state index contributed by atoms with van der Waals surface area (Å²) < 4.78 is 41.1. The van der Waals surface area contributed by atoms with E-state index in [4.69, 9.17) is 5.73 Å². The Labute approximate surface area is 119 Å². The number of rotatable bonds is 3. The van der Waals surface area contributed by atoms with Gasteiger partial charge in [-0.25, -0.2) is 17.5 Å². The largest absolute Gasteiger partial charge is 0.399 e. The Bertz CT molecular complexity index is 601. The van der Waals surface area contributed by atoms with E-state index in [2.05, 4.69) is 11.6 Å². The summed E-state index contributed by atoms with van der Waals surface area (Å²) in [5.41, 5.74) is 5.77. The highest BCUT2D eigenvalue weighted by Crippen LogP contribution is 2.26. The Hall–Kier alpha value is -1.14. The first-order valence-corrected chi connectivity index (χ1v) is 8.36. The summed E-state index contributed by atoms with van der Waals surface area (Å²) in [5, 5.41) is 0. The van der Waals surface area contributed by atoms with Crippen LogP contribution >= 0.6 is 0 Å². The van der Waals surface area contributed by atoms with Gasteiger partial charge in [-0.2, -0.15) is 0 Å². The topological polar surface area (TPSA) is 72.2 Å². The fraction of sp³-hybridized carbons (Fsp3) is 0.571. The third-order valence-electron chi connectivity index (χ3n) is 3.87. The standard InChI is InChI=1S/C14H21FN2O2S/c1-9-4-3-5-12(6-9)17-20(18,19)14-8-11(16)7-13(15)10(14)2/h7-9,12,17H,3-6,16H2,1-2H3. The first-order chi connectivity index (χ1) is 9.29. The van der Waals surface area contributed by atoms with Gasteiger partial charge < -0.3 is 5.73 Å². The van der Waals surface area contributed by atoms with Crippen molar-refractivity contribution in [3.05, 3.63) is 23.5 Å². The van der Waals surface area contributed by atoms with Crippen LogP contribution in [0.15, 0.2) is 17.0 Å². The summed E-state index contributed by atoms with van der Waals surface area (Å²) in [6.45, 7) is 3.57. The van der Waals surface area contributed by atoms with Crippen molar-refractivity contribution >= 4 is 15.7 Å². The van der Waals surface area contributed by atoms with E-state index in [1.54, 1.807) is 0 Å². The van der Waals surface area contributed by atoms with Gasteiger partial charge >= 0.3 is 0 Å². The molecule has 0 heterocycles. The molecule has 1 aliphatic carbocycles. The monoisotopic (exact) mass is 300 g/mol. The van der Waals surface area contributed by atoms with Gasteiger partial charge in [0.25, 0.3) is 0 Å². The van der Waals surface area contributed by atoms with Crippen LogP contribution in [0.1, 0.15) is 38.2 Å². The lowest BCUT2D eigenvalue weighted by Crippen LogP contribution is -2.38. The predicted molar refractivity (Wildman–Crippen MR) is 77.3 cm³/mol. The van der Waals surface area contributed by atoms with Crippen molar-refractivity contribution < 1.29 is 12.8 Å². The van der Waals surface area contributed by atoms with Crippen LogP contribution in [0.3, 0.4) is 0 Å². The minimum absolute atomic E-state index is 0.0618. The number of sulfonamides is 1. The lowest BCUT2D eigenvalue weighted by atomic mass is 9.88. The summed E-state index contributed by atoms with van der Waals surface area (Å²) in [6.07, 6.45) is 3.79. The zero-order chi connectivity index (χ0) is 14.9. The number of benzene rings is 1. The van der Waals surface area contributed by atoms with Gasteiger partial charge in [-0.3, -0.25) is 0 Å². The number of anilines is 1. The second-order valence-electron chi connectivity index (χ2n) is 5.72. The molecule has 2 rings (SSSR count). The Morgan fingerprint density at radius 1 is 1.35 bits per heavy atom. The first-order valence-electron chi connectivity index (χ1n) is 6.87. The van der Waals surface area contributed by atoms with Crippen molar-refractivity contribution in [3.8, 4) is 0 Å². The number of nitrogens with one attached hydrogen (secondary N) is 1. The van der Waals surface area contributed by atoms with Crippen molar-refractivity contribution in [2.45, 2.75) is 50.5 Å². The molecule has 0 bridgehead atoms. The lowest BCUT2D eigenvalue weighted by Gasteiger charge is -2.27. The van der Waals surface area contributed by atoms with Gasteiger partial charge in [-0.1, -0.05) is 19.8 Å². The minimum atomic E-state index is -3.73. The molecule has 0 amide bonds. The van der Waals surface area contributed by atoms with Gasteiger partial charge in [0.2, 0.25) is 10.0 Å². The second-order valence-corrected chi connectivity index (χ2v) is 7.40. The van der Waals surface area contributed by atoms with Crippen LogP contribution in [0.2, 0.25) is 0 Å². The van der Waals surface area contributed by atoms with Gasteiger partial charge in [0.1, 0.15) is 5.82 Å². The van der Waals surface area contributed by atoms with Gasteiger partial charge in [-0.05, 0) is 37.8 Å². The summed E-state index contributed by atoms with van der Waals surface area (Å²) in [7, 11) is -3.73. The van der Waals surface area contributed by atoms with E-state index < -0.39 is 15.8 Å². The maximum atomic E-state index is 13.6. The molecule has 1 aliphatic rings. The molecule has 1 aromatic rings. The summed E-state index contributed by atoms with van der Waals surface area (Å²) >= 11 is 0. The molecule has 2 unspecified atom stereocenters. The maximum absolute atomic E-state index is 13.6. The molecular formula is C14H21FN2O2S. The number of halogens is 1. The molecule has 0 aromatic heterocycles. The molecule has 4 nitrogen and oxygen atoms in total. The molecule has 0 radical (unpaired) electrons. The third-order valence-corrected chi connectivity index (χ3v) is 5.51. The van der Waals surface area contributed by atoms with Gasteiger partial charge in [0, 0.05) is 17.3 Å². The first kappa shape index (κ1) is 15.3. The number of hydrogen-bond acceptors (Lipinski definition) is 3. The lowest BCUT2D eigenvalue weighted by molar-refractivity contribution is 0.327. The van der Waals surface area contributed by atoms with E-state index in [0.717, 1.165) is 31.7 Å². The maximum Gasteiger partial charge on any atom is 0.241 e. The molecular weight excluding hydrogens is 279 g/mol. The van der Waals surface area contributed by atoms with Gasteiger partial charge in [0.15, 0.2) is 0 Å². The van der Waals surface area contributed by atoms with Crippen LogP contribution in [-0.4, -0.2) is 14.5 Å². The molecule has 2 atom stereocenters. The smallest absolute Gasteiger partial charge is 0.241 e. The summed E-state index contributed by atoms with van der Waals surface area (Å²) in [6, 6.07) is 2.37. The zero-order valence-corrected chi connectivity index (χ0v) is 12.6. The van der Waals surface area contributed by atoms with E-state index in [-0.39, 0.29) is 22.2 Å². The van der Waals surface area contributed by atoms with Gasteiger partial charge in [0.05, 0.1) is 4.90 Å². The Balaban J connectivity index is 2.26. The number of nitrogen functional groups attached to an aromatic ring is 1. The Morgan fingerprint density at radius 2 is 2.05 bits per heavy atom. The Morgan fingerprint density at radius 3 is 2.70 bits per heavy atom. The second kappa shape index (κ2) is 5.69. The van der Waals surface area contributed by atoms with Crippen molar-refractivity contribution in [2.75, 3.05) is 5.73 Å². The molecule has 0 saturated heterocycles. The Kier molecular flexibility index (Phi) is 4.34. The van der Waals surface area contributed by atoms with Crippen LogP contribution in [0.4, 0.5) is 10.1 Å². The molecule has 112 valence electrons. The predicted octanol–water partition coefficient (Wildman–Crippen LogP) is 2.57. The van der Waals surface area contributed by atoms with Crippen LogP contribution in [0.5, 0.6) is 0 Å². The molecule has 0 spiro atoms. The molecule has 1 saturated carbocycles. The highest BCUT2D eigenvalue weighted by molar-refractivity contribution is 7.89. The number of hydrogen-bond donors (Lipinski definition) is 2. The molecule has 6 heteroatoms. The van der Waals surface area contributed by atoms with E-state index >= 15 is 0 Å². The van der Waals surface area contributed by atoms with E-state index in [0.29, 0.717) is 5.92 Å². The molecule has 1 fully saturated rings. The summed E-state index contributed by atoms with van der Waals surface area (Å²) in [4.78, 5) is -0.0618. The molecule has 1 aromatic carbocycles. The third kappa shape index (κ3) is 3.30. The molecule has 0 aliphatic heterocycles. The van der Waals surface area contributed by atoms with Crippen LogP contribution in [0, 0.1) is 18.7 Å². The SMILES string of the molecule is Cc1c(F)cc(N)cc1S(=O)(=O)NC1CCCC(C)C1. The van der Waals surface area contributed by atoms with Crippen molar-refractivity contribution in [1.29, 1.82) is 0 Å². The quantitative estimate of drug-likeness (QED) is 0.843. The fourth-order valence-electron chi connectivity index (χ4n) is 2.78. The van der Waals surface area contributed by atoms with Crippen molar-refractivity contribution in [2.24, 2.45) is 5.92 Å². The fourth-order valence-corrected chi connectivity index (χ4v) is 4.35. The van der Waals surface area contributed by atoms with Crippen LogP contribution in [-0.2, 0) is 10.0 Å². The average molecular weight is 300 g/mol. The van der Waals surface area contributed by atoms with Crippen molar-refractivity contribution in [1.82, 2.24) is 4.72 Å². The van der Waals surface area contributed by atoms with E-state index in [1.165, 1.54) is 13.0 Å². The zero-order valence-electron chi connectivity index (χ0n) is 11.8. The minimum Gasteiger partial charge on any atom is -0.399 e. The van der Waals surface area contributed by atoms with Gasteiger partial charge in [-0.15, -0.1) is 0 Å². The number of nitrogens with two attached hydrogens (primary N) is 1. The average Bonchev–Trinajstić information content (AvgIpc) is 2.33. The van der Waals surface area contributed by atoms with Crippen LogP contribution in [0.25, 0.3) is 0 Å². The molecule has 3 N–H and O–H groups in total. The van der Waals surface area contributed by atoms with Crippen molar-refractivity contribution in [3.63, 3.8) is 0 Å². The summed E-state index contributed by atoms with van der Waals surface area (Å²) in [5.74, 6) is -0.0856. The van der Waals surface area contributed by atoms with E-state index in [9.17, 15) is 12.8 Å². The highest BCUT2D eigenvalue weighted by Gasteiger charge is 2.26. The highest BCUT2D eigenvalue weighted by atomic mass is 32.2. The van der Waals surface area contributed by atoms with Crippen LogP contribution < -0.4 is 10.5 Å². The molecule has 20 heavy (non-hydrogen) atoms.